The third-order valence-electron chi connectivity index (χ3n) is 5.85. The number of imidazole rings is 1. The number of likely N-dealkylation sites (tertiary alicyclic amines) is 1. The Bertz CT molecular complexity index is 1000. The lowest BCUT2D eigenvalue weighted by Gasteiger charge is -2.31. The van der Waals surface area contributed by atoms with Crippen LogP contribution in [0.2, 0.25) is 0 Å². The zero-order valence-electron chi connectivity index (χ0n) is 18.2. The van der Waals surface area contributed by atoms with Crippen LogP contribution in [-0.4, -0.2) is 61.2 Å². The predicted molar refractivity (Wildman–Crippen MR) is 121 cm³/mol. The summed E-state index contributed by atoms with van der Waals surface area (Å²) in [6.45, 7) is 2.81. The van der Waals surface area contributed by atoms with Crippen molar-refractivity contribution in [2.45, 2.75) is 25.2 Å². The number of benzene rings is 2. The van der Waals surface area contributed by atoms with Crippen LogP contribution < -0.4 is 14.8 Å². The van der Waals surface area contributed by atoms with Crippen LogP contribution in [0.3, 0.4) is 0 Å². The maximum absolute atomic E-state index is 12.5. The number of fused-ring (bicyclic) bond motifs is 1. The Morgan fingerprint density at radius 2 is 2.03 bits per heavy atom. The van der Waals surface area contributed by atoms with E-state index in [2.05, 4.69) is 21.3 Å². The van der Waals surface area contributed by atoms with E-state index in [1.807, 2.05) is 36.4 Å². The molecule has 1 fully saturated rings. The number of methoxy groups -OCH3 is 2. The molecule has 7 nitrogen and oxygen atoms in total. The molecule has 164 valence electrons. The Kier molecular flexibility index (Phi) is 6.72. The normalized spacial score (nSPS) is 16.9. The molecule has 1 unspecified atom stereocenters. The molecule has 2 aromatic carbocycles. The van der Waals surface area contributed by atoms with Crippen molar-refractivity contribution in [2.24, 2.45) is 0 Å². The number of aromatic nitrogens is 2. The highest BCUT2D eigenvalue weighted by atomic mass is 16.5. The molecule has 1 saturated heterocycles. The smallest absolute Gasteiger partial charge is 0.234 e. The number of carbonyl (C=O) groups excluding carboxylic acids is 1. The fourth-order valence-electron chi connectivity index (χ4n) is 4.23. The van der Waals surface area contributed by atoms with Crippen molar-refractivity contribution in [3.05, 3.63) is 53.9 Å². The van der Waals surface area contributed by atoms with Gasteiger partial charge in [-0.2, -0.15) is 0 Å². The number of aromatic amines is 1. The summed E-state index contributed by atoms with van der Waals surface area (Å²) >= 11 is 0. The van der Waals surface area contributed by atoms with E-state index in [4.69, 9.17) is 14.5 Å². The number of piperidine rings is 1. The molecule has 0 radical (unpaired) electrons. The molecule has 2 heterocycles. The van der Waals surface area contributed by atoms with Gasteiger partial charge in [0.25, 0.3) is 0 Å². The number of H-pyrrole nitrogens is 1. The minimum Gasteiger partial charge on any atom is -0.493 e. The highest BCUT2D eigenvalue weighted by Gasteiger charge is 2.25. The van der Waals surface area contributed by atoms with Gasteiger partial charge >= 0.3 is 0 Å². The summed E-state index contributed by atoms with van der Waals surface area (Å²) in [6.07, 6.45) is 2.91. The molecule has 3 aromatic rings. The summed E-state index contributed by atoms with van der Waals surface area (Å²) in [5.41, 5.74) is 3.17. The summed E-state index contributed by atoms with van der Waals surface area (Å²) in [6, 6.07) is 13.9. The van der Waals surface area contributed by atoms with Crippen molar-refractivity contribution in [1.82, 2.24) is 20.2 Å². The molecule has 31 heavy (non-hydrogen) atoms. The van der Waals surface area contributed by atoms with Crippen molar-refractivity contribution < 1.29 is 14.3 Å². The second-order valence-electron chi connectivity index (χ2n) is 8.00. The quantitative estimate of drug-likeness (QED) is 0.583. The monoisotopic (exact) mass is 422 g/mol. The van der Waals surface area contributed by atoms with Crippen molar-refractivity contribution in [3.63, 3.8) is 0 Å². The number of carbonyl (C=O) groups is 1. The topological polar surface area (TPSA) is 79.5 Å². The number of nitrogens with zero attached hydrogens (tertiary/aromatic N) is 2. The SMILES string of the molecule is COc1ccc(CCNC(=O)CN2CCCC(c3nc4ccccc4[nH]3)C2)cc1OC. The molecule has 0 spiro atoms. The molecule has 4 rings (SSSR count). The van der Waals surface area contributed by atoms with Crippen LogP contribution in [0, 0.1) is 0 Å². The Hall–Kier alpha value is -3.06. The first-order chi connectivity index (χ1) is 15.2. The molecule has 0 bridgehead atoms. The van der Waals surface area contributed by atoms with Gasteiger partial charge in [0.05, 0.1) is 31.8 Å². The molecule has 1 amide bonds. The van der Waals surface area contributed by atoms with E-state index in [1.165, 1.54) is 0 Å². The Labute approximate surface area is 182 Å². The van der Waals surface area contributed by atoms with Gasteiger partial charge in [-0.25, -0.2) is 4.98 Å². The summed E-state index contributed by atoms with van der Waals surface area (Å²) < 4.78 is 10.6. The molecule has 1 aromatic heterocycles. The molecular weight excluding hydrogens is 392 g/mol. The van der Waals surface area contributed by atoms with Crippen molar-refractivity contribution >= 4 is 16.9 Å². The van der Waals surface area contributed by atoms with Gasteiger partial charge in [0.15, 0.2) is 11.5 Å². The van der Waals surface area contributed by atoms with E-state index in [-0.39, 0.29) is 5.91 Å². The highest BCUT2D eigenvalue weighted by Crippen LogP contribution is 2.28. The number of rotatable bonds is 8. The maximum atomic E-state index is 12.5. The van der Waals surface area contributed by atoms with E-state index in [0.29, 0.717) is 30.5 Å². The van der Waals surface area contributed by atoms with Crippen LogP contribution in [0.25, 0.3) is 11.0 Å². The molecule has 0 saturated carbocycles. The fourth-order valence-corrected chi connectivity index (χ4v) is 4.23. The van der Waals surface area contributed by atoms with Crippen LogP contribution in [0.15, 0.2) is 42.5 Å². The minimum absolute atomic E-state index is 0.0609. The van der Waals surface area contributed by atoms with Gasteiger partial charge in [-0.05, 0) is 55.6 Å². The average Bonchev–Trinajstić information content (AvgIpc) is 3.23. The molecular formula is C24H30N4O3. The minimum atomic E-state index is 0.0609. The zero-order valence-corrected chi connectivity index (χ0v) is 18.2. The van der Waals surface area contributed by atoms with Crippen LogP contribution in [0.1, 0.15) is 30.1 Å². The van der Waals surface area contributed by atoms with Crippen molar-refractivity contribution in [2.75, 3.05) is 40.4 Å². The van der Waals surface area contributed by atoms with Gasteiger partial charge in [0, 0.05) is 19.0 Å². The average molecular weight is 423 g/mol. The molecule has 0 aliphatic carbocycles. The number of ether oxygens (including phenoxy) is 2. The zero-order chi connectivity index (χ0) is 21.6. The fraction of sp³-hybridized carbons (Fsp3) is 0.417. The second-order valence-corrected chi connectivity index (χ2v) is 8.00. The van der Waals surface area contributed by atoms with E-state index >= 15 is 0 Å². The summed E-state index contributed by atoms with van der Waals surface area (Å²) in [4.78, 5) is 22.9. The van der Waals surface area contributed by atoms with Crippen LogP contribution >= 0.6 is 0 Å². The molecule has 1 atom stereocenters. The Morgan fingerprint density at radius 1 is 1.19 bits per heavy atom. The van der Waals surface area contributed by atoms with Gasteiger partial charge in [0.1, 0.15) is 5.82 Å². The predicted octanol–water partition coefficient (Wildman–Crippen LogP) is 3.12. The van der Waals surface area contributed by atoms with Gasteiger partial charge in [-0.1, -0.05) is 18.2 Å². The van der Waals surface area contributed by atoms with E-state index < -0.39 is 0 Å². The second kappa shape index (κ2) is 9.83. The Morgan fingerprint density at radius 3 is 2.84 bits per heavy atom. The van der Waals surface area contributed by atoms with E-state index in [0.717, 1.165) is 54.8 Å². The first-order valence-electron chi connectivity index (χ1n) is 10.8. The standard InChI is InChI=1S/C24H30N4O3/c1-30-21-10-9-17(14-22(21)31-2)11-12-25-23(29)16-28-13-5-6-18(15-28)24-26-19-7-3-4-8-20(19)27-24/h3-4,7-10,14,18H,5-6,11-13,15-16H2,1-2H3,(H,25,29)(H,26,27). The third-order valence-corrected chi connectivity index (χ3v) is 5.85. The van der Waals surface area contributed by atoms with E-state index in [9.17, 15) is 4.79 Å². The van der Waals surface area contributed by atoms with Gasteiger partial charge in [-0.15, -0.1) is 0 Å². The molecule has 7 heteroatoms. The number of hydrogen-bond donors (Lipinski definition) is 2. The Balaban J connectivity index is 1.26. The van der Waals surface area contributed by atoms with Gasteiger partial charge in [-0.3, -0.25) is 9.69 Å². The van der Waals surface area contributed by atoms with Crippen LogP contribution in [0.5, 0.6) is 11.5 Å². The number of para-hydroxylation sites is 2. The largest absolute Gasteiger partial charge is 0.493 e. The first-order valence-corrected chi connectivity index (χ1v) is 10.8. The first kappa shape index (κ1) is 21.2. The van der Waals surface area contributed by atoms with Gasteiger partial charge in [0.2, 0.25) is 5.91 Å². The molecule has 1 aliphatic rings. The van der Waals surface area contributed by atoms with Crippen LogP contribution in [0.4, 0.5) is 0 Å². The lowest BCUT2D eigenvalue weighted by molar-refractivity contribution is -0.122. The number of nitrogens with one attached hydrogen (secondary N) is 2. The van der Waals surface area contributed by atoms with Crippen LogP contribution in [-0.2, 0) is 11.2 Å². The maximum Gasteiger partial charge on any atom is 0.234 e. The summed E-state index contributed by atoms with van der Waals surface area (Å²) in [5, 5.41) is 3.04. The summed E-state index contributed by atoms with van der Waals surface area (Å²) in [5.74, 6) is 2.84. The summed E-state index contributed by atoms with van der Waals surface area (Å²) in [7, 11) is 3.25. The van der Waals surface area contributed by atoms with Crippen molar-refractivity contribution in [1.29, 1.82) is 0 Å². The lowest BCUT2D eigenvalue weighted by Crippen LogP contribution is -2.42. The lowest BCUT2D eigenvalue weighted by atomic mass is 9.97. The number of hydrogen-bond acceptors (Lipinski definition) is 5. The third kappa shape index (κ3) is 5.17. The van der Waals surface area contributed by atoms with Crippen molar-refractivity contribution in [3.8, 4) is 11.5 Å². The van der Waals surface area contributed by atoms with E-state index in [1.54, 1.807) is 14.2 Å². The molecule has 2 N–H and O–H groups in total. The number of amides is 1. The van der Waals surface area contributed by atoms with Gasteiger partial charge < -0.3 is 19.8 Å². The highest BCUT2D eigenvalue weighted by molar-refractivity contribution is 5.78. The molecule has 1 aliphatic heterocycles.